The smallest absolute Gasteiger partial charge is 0.164 e. The Kier molecular flexibility index (Phi) is 1.51. The minimum absolute atomic E-state index is 0.0819. The van der Waals surface area contributed by atoms with E-state index in [2.05, 4.69) is 0 Å². The van der Waals surface area contributed by atoms with E-state index in [1.807, 2.05) is 6.92 Å². The van der Waals surface area contributed by atoms with E-state index >= 15 is 0 Å². The second-order valence-corrected chi connectivity index (χ2v) is 4.94. The summed E-state index contributed by atoms with van der Waals surface area (Å²) in [6, 6.07) is 0. The van der Waals surface area contributed by atoms with Gasteiger partial charge in [-0.15, -0.1) is 0 Å². The van der Waals surface area contributed by atoms with Crippen LogP contribution < -0.4 is 0 Å². The van der Waals surface area contributed by atoms with E-state index in [0.29, 0.717) is 18.6 Å². The maximum absolute atomic E-state index is 11.9. The van der Waals surface area contributed by atoms with Gasteiger partial charge in [-0.05, 0) is 25.7 Å². The lowest BCUT2D eigenvalue weighted by molar-refractivity contribution is -0.138. The van der Waals surface area contributed by atoms with Crippen molar-refractivity contribution in [3.05, 3.63) is 0 Å². The highest BCUT2D eigenvalue weighted by Crippen LogP contribution is 2.55. The van der Waals surface area contributed by atoms with Crippen LogP contribution in [0.1, 0.15) is 32.6 Å². The molecule has 0 radical (unpaired) electrons. The number of epoxide rings is 1. The monoisotopic (exact) mass is 194 g/mol. The molecule has 2 aliphatic carbocycles. The lowest BCUT2D eigenvalue weighted by atomic mass is 9.59. The van der Waals surface area contributed by atoms with E-state index in [4.69, 9.17) is 4.74 Å². The van der Waals surface area contributed by atoms with Crippen molar-refractivity contribution >= 4 is 11.6 Å². The van der Waals surface area contributed by atoms with Crippen molar-refractivity contribution < 1.29 is 14.3 Å². The van der Waals surface area contributed by atoms with Crippen LogP contribution in [0.4, 0.5) is 0 Å². The lowest BCUT2D eigenvalue weighted by Gasteiger charge is -2.40. The number of Topliss-reactive ketones (excluding diaryl/α,β-unsaturated/α-hetero) is 2. The molecule has 3 heteroatoms. The number of ketones is 2. The molecule has 3 nitrogen and oxygen atoms in total. The summed E-state index contributed by atoms with van der Waals surface area (Å²) in [5, 5.41) is 0. The number of ether oxygens (including phenoxy) is 1. The molecule has 4 atom stereocenters. The highest BCUT2D eigenvalue weighted by atomic mass is 16.6. The van der Waals surface area contributed by atoms with Crippen LogP contribution in [-0.2, 0) is 14.3 Å². The molecule has 3 aliphatic rings. The van der Waals surface area contributed by atoms with Gasteiger partial charge in [0.15, 0.2) is 5.78 Å². The van der Waals surface area contributed by atoms with Gasteiger partial charge in [-0.3, -0.25) is 9.59 Å². The van der Waals surface area contributed by atoms with Gasteiger partial charge in [0.1, 0.15) is 18.0 Å². The van der Waals surface area contributed by atoms with Crippen LogP contribution in [0.2, 0.25) is 0 Å². The molecular weight excluding hydrogens is 180 g/mol. The average Bonchev–Trinajstić information content (AvgIpc) is 2.91. The number of hydrogen-bond acceptors (Lipinski definition) is 3. The summed E-state index contributed by atoms with van der Waals surface area (Å²) in [7, 11) is 0. The van der Waals surface area contributed by atoms with E-state index in [9.17, 15) is 9.59 Å². The summed E-state index contributed by atoms with van der Waals surface area (Å²) < 4.78 is 5.36. The van der Waals surface area contributed by atoms with Crippen LogP contribution in [0.3, 0.4) is 0 Å². The van der Waals surface area contributed by atoms with Crippen LogP contribution in [0.5, 0.6) is 0 Å². The third-order valence-corrected chi connectivity index (χ3v) is 4.25. The van der Waals surface area contributed by atoms with Crippen LogP contribution in [0.15, 0.2) is 0 Å². The maximum atomic E-state index is 11.9. The molecule has 1 saturated heterocycles. The van der Waals surface area contributed by atoms with Crippen LogP contribution in [0, 0.1) is 11.3 Å². The van der Waals surface area contributed by atoms with Crippen LogP contribution in [0.25, 0.3) is 0 Å². The van der Waals surface area contributed by atoms with E-state index in [1.165, 1.54) is 0 Å². The van der Waals surface area contributed by atoms with Crippen molar-refractivity contribution in [2.24, 2.45) is 11.3 Å². The molecule has 3 rings (SSSR count). The first kappa shape index (κ1) is 8.60. The van der Waals surface area contributed by atoms with E-state index in [1.54, 1.807) is 0 Å². The molecule has 0 unspecified atom stereocenters. The second kappa shape index (κ2) is 2.45. The highest BCUT2D eigenvalue weighted by molar-refractivity contribution is 5.95. The summed E-state index contributed by atoms with van der Waals surface area (Å²) >= 11 is 0. The average molecular weight is 194 g/mol. The molecule has 0 amide bonds. The predicted octanol–water partition coefficient (Wildman–Crippen LogP) is 1.10. The van der Waals surface area contributed by atoms with Gasteiger partial charge in [-0.2, -0.15) is 0 Å². The standard InChI is InChI=1S/C11H14O3/c1-11-6(3-2-4-8(11)13)5-7(12)9-10(11)14-9/h6,9-10H,2-5H2,1H3/t6-,9-,10-,11+/m1/s1. The Labute approximate surface area is 82.8 Å². The Balaban J connectivity index is 1.98. The van der Waals surface area contributed by atoms with Crippen molar-refractivity contribution in [3.8, 4) is 0 Å². The van der Waals surface area contributed by atoms with Gasteiger partial charge < -0.3 is 4.74 Å². The Bertz CT molecular complexity index is 322. The van der Waals surface area contributed by atoms with Gasteiger partial charge in [-0.25, -0.2) is 0 Å². The highest BCUT2D eigenvalue weighted by Gasteiger charge is 2.65. The number of rotatable bonds is 0. The minimum Gasteiger partial charge on any atom is -0.360 e. The van der Waals surface area contributed by atoms with Gasteiger partial charge in [0.2, 0.25) is 0 Å². The van der Waals surface area contributed by atoms with Gasteiger partial charge in [0.05, 0.1) is 5.41 Å². The van der Waals surface area contributed by atoms with E-state index < -0.39 is 0 Å². The van der Waals surface area contributed by atoms with Crippen molar-refractivity contribution in [2.45, 2.75) is 44.8 Å². The third kappa shape index (κ3) is 0.862. The van der Waals surface area contributed by atoms with Gasteiger partial charge in [0.25, 0.3) is 0 Å². The molecule has 0 bridgehead atoms. The predicted molar refractivity (Wildman–Crippen MR) is 48.7 cm³/mol. The van der Waals surface area contributed by atoms with Gasteiger partial charge in [-0.1, -0.05) is 0 Å². The van der Waals surface area contributed by atoms with Gasteiger partial charge >= 0.3 is 0 Å². The van der Waals surface area contributed by atoms with Crippen molar-refractivity contribution in [2.75, 3.05) is 0 Å². The number of hydrogen-bond donors (Lipinski definition) is 0. The van der Waals surface area contributed by atoms with Crippen molar-refractivity contribution in [3.63, 3.8) is 0 Å². The fraction of sp³-hybridized carbons (Fsp3) is 0.818. The Morgan fingerprint density at radius 3 is 3.00 bits per heavy atom. The zero-order valence-electron chi connectivity index (χ0n) is 8.29. The SMILES string of the molecule is C[C@@]12C(=O)CCC[C@@H]1CC(=O)[C@H]1O[C@H]12. The molecule has 0 aromatic rings. The number of carbonyl (C=O) groups is 2. The first-order valence-electron chi connectivity index (χ1n) is 5.35. The third-order valence-electron chi connectivity index (χ3n) is 4.25. The normalized spacial score (nSPS) is 51.1. The molecule has 76 valence electrons. The molecule has 0 aromatic carbocycles. The molecule has 0 aromatic heterocycles. The molecule has 3 fully saturated rings. The zero-order valence-corrected chi connectivity index (χ0v) is 8.29. The molecule has 1 aliphatic heterocycles. The number of fused-ring (bicyclic) bond motifs is 3. The second-order valence-electron chi connectivity index (χ2n) is 4.94. The fourth-order valence-corrected chi connectivity index (χ4v) is 3.18. The van der Waals surface area contributed by atoms with Crippen LogP contribution >= 0.6 is 0 Å². The summed E-state index contributed by atoms with van der Waals surface area (Å²) in [4.78, 5) is 23.4. The summed E-state index contributed by atoms with van der Waals surface area (Å²) in [5.41, 5.74) is -0.336. The molecule has 0 spiro atoms. The zero-order chi connectivity index (χ0) is 9.92. The first-order chi connectivity index (χ1) is 6.64. The fourth-order valence-electron chi connectivity index (χ4n) is 3.18. The number of carbonyl (C=O) groups excluding carboxylic acids is 2. The topological polar surface area (TPSA) is 46.7 Å². The first-order valence-corrected chi connectivity index (χ1v) is 5.35. The molecule has 0 N–H and O–H groups in total. The summed E-state index contributed by atoms with van der Waals surface area (Å²) in [6.07, 6.45) is 2.88. The van der Waals surface area contributed by atoms with E-state index in [-0.39, 0.29) is 29.3 Å². The van der Waals surface area contributed by atoms with Crippen molar-refractivity contribution in [1.82, 2.24) is 0 Å². The molecular formula is C11H14O3. The largest absolute Gasteiger partial charge is 0.360 e. The maximum Gasteiger partial charge on any atom is 0.164 e. The summed E-state index contributed by atoms with van der Waals surface area (Å²) in [5.74, 6) is 0.779. The minimum atomic E-state index is -0.336. The van der Waals surface area contributed by atoms with Crippen molar-refractivity contribution in [1.29, 1.82) is 0 Å². The van der Waals surface area contributed by atoms with Gasteiger partial charge in [0, 0.05) is 12.8 Å². The van der Waals surface area contributed by atoms with E-state index in [0.717, 1.165) is 12.8 Å². The lowest BCUT2D eigenvalue weighted by Crippen LogP contribution is -2.49. The Morgan fingerprint density at radius 2 is 2.21 bits per heavy atom. The molecule has 2 saturated carbocycles. The molecule has 1 heterocycles. The van der Waals surface area contributed by atoms with Crippen LogP contribution in [-0.4, -0.2) is 23.8 Å². The Morgan fingerprint density at radius 1 is 1.43 bits per heavy atom. The summed E-state index contributed by atoms with van der Waals surface area (Å²) in [6.45, 7) is 2.00. The molecule has 14 heavy (non-hydrogen) atoms. The quantitative estimate of drug-likeness (QED) is 0.542. The Hall–Kier alpha value is -0.700.